The Bertz CT molecular complexity index is 720. The van der Waals surface area contributed by atoms with Gasteiger partial charge in [-0.15, -0.1) is 0 Å². The molecule has 1 saturated heterocycles. The maximum absolute atomic E-state index is 10.1. The lowest BCUT2D eigenvalue weighted by atomic mass is 9.75. The first-order chi connectivity index (χ1) is 12.9. The van der Waals surface area contributed by atoms with E-state index in [9.17, 15) is 5.11 Å². The van der Waals surface area contributed by atoms with Crippen molar-refractivity contribution in [1.29, 1.82) is 0 Å². The highest BCUT2D eigenvalue weighted by molar-refractivity contribution is 5.50. The van der Waals surface area contributed by atoms with Crippen molar-refractivity contribution in [3.05, 3.63) is 108 Å². The number of aliphatic hydroxyl groups is 1. The Morgan fingerprint density at radius 2 is 1.15 bits per heavy atom. The summed E-state index contributed by atoms with van der Waals surface area (Å²) < 4.78 is 0. The lowest BCUT2D eigenvalue weighted by Crippen LogP contribution is -2.51. The van der Waals surface area contributed by atoms with Crippen LogP contribution in [-0.2, 0) is 5.54 Å². The maximum atomic E-state index is 10.1. The summed E-state index contributed by atoms with van der Waals surface area (Å²) in [5, 5.41) is 10.1. The second-order valence-electron chi connectivity index (χ2n) is 6.98. The third kappa shape index (κ3) is 2.76. The zero-order chi connectivity index (χ0) is 17.8. The normalized spacial score (nSPS) is 18.1. The highest BCUT2D eigenvalue weighted by atomic mass is 16.3. The molecule has 26 heavy (non-hydrogen) atoms. The molecule has 1 aliphatic rings. The van der Waals surface area contributed by atoms with Gasteiger partial charge in [-0.05, 0) is 29.5 Å². The molecule has 2 heteroatoms. The average molecular weight is 343 g/mol. The molecule has 1 aliphatic heterocycles. The Hall–Kier alpha value is -2.42. The number of hydrogen-bond donors (Lipinski definition) is 1. The molecule has 2 nitrogen and oxygen atoms in total. The molecule has 1 fully saturated rings. The van der Waals surface area contributed by atoms with E-state index in [1.54, 1.807) is 0 Å². The topological polar surface area (TPSA) is 23.5 Å². The van der Waals surface area contributed by atoms with E-state index >= 15 is 0 Å². The van der Waals surface area contributed by atoms with E-state index in [0.717, 1.165) is 19.4 Å². The van der Waals surface area contributed by atoms with Gasteiger partial charge in [0.15, 0.2) is 0 Å². The molecule has 0 aromatic heterocycles. The fraction of sp³-hybridized carbons (Fsp3) is 0.250. The minimum Gasteiger partial charge on any atom is -0.395 e. The van der Waals surface area contributed by atoms with Crippen molar-refractivity contribution in [3.8, 4) is 0 Å². The zero-order valence-electron chi connectivity index (χ0n) is 15.0. The number of benzene rings is 3. The molecule has 1 heterocycles. The summed E-state index contributed by atoms with van der Waals surface area (Å²) in [6.45, 7) is 1.16. The number of nitrogens with zero attached hydrogens (tertiary/aromatic N) is 1. The highest BCUT2D eigenvalue weighted by Crippen LogP contribution is 2.45. The van der Waals surface area contributed by atoms with Crippen molar-refractivity contribution in [2.75, 3.05) is 13.2 Å². The van der Waals surface area contributed by atoms with Crippen LogP contribution in [-0.4, -0.2) is 29.2 Å². The van der Waals surface area contributed by atoms with Crippen LogP contribution >= 0.6 is 0 Å². The van der Waals surface area contributed by atoms with Crippen LogP contribution in [0.25, 0.3) is 0 Å². The second kappa shape index (κ2) is 7.45. The quantitative estimate of drug-likeness (QED) is 0.693. The summed E-state index contributed by atoms with van der Waals surface area (Å²) in [6.07, 6.45) is 2.14. The first-order valence-corrected chi connectivity index (χ1v) is 9.41. The smallest absolute Gasteiger partial charge is 0.0976 e. The first kappa shape index (κ1) is 17.0. The van der Waals surface area contributed by atoms with Crippen LogP contribution in [0.2, 0.25) is 0 Å². The van der Waals surface area contributed by atoms with E-state index in [1.807, 2.05) is 0 Å². The van der Waals surface area contributed by atoms with Gasteiger partial charge in [-0.1, -0.05) is 91.0 Å². The van der Waals surface area contributed by atoms with Crippen LogP contribution in [0.1, 0.15) is 29.5 Å². The van der Waals surface area contributed by atoms with Crippen molar-refractivity contribution < 1.29 is 5.11 Å². The van der Waals surface area contributed by atoms with E-state index in [-0.39, 0.29) is 12.6 Å². The first-order valence-electron chi connectivity index (χ1n) is 9.41. The van der Waals surface area contributed by atoms with Gasteiger partial charge in [-0.2, -0.15) is 0 Å². The molecule has 0 saturated carbocycles. The van der Waals surface area contributed by atoms with E-state index in [1.165, 1.54) is 16.7 Å². The fourth-order valence-corrected chi connectivity index (χ4v) is 4.50. The van der Waals surface area contributed by atoms with E-state index in [2.05, 4.69) is 95.9 Å². The minimum atomic E-state index is -0.395. The van der Waals surface area contributed by atoms with Gasteiger partial charge in [0, 0.05) is 12.6 Å². The molecular formula is C24H25NO. The predicted octanol–water partition coefficient (Wildman–Crippen LogP) is 4.44. The molecule has 3 aromatic rings. The van der Waals surface area contributed by atoms with E-state index in [0.29, 0.717) is 0 Å². The predicted molar refractivity (Wildman–Crippen MR) is 106 cm³/mol. The number of likely N-dealkylation sites (tertiary alicyclic amines) is 1. The number of hydrogen-bond acceptors (Lipinski definition) is 2. The summed E-state index contributed by atoms with van der Waals surface area (Å²) >= 11 is 0. The zero-order valence-corrected chi connectivity index (χ0v) is 15.0. The number of rotatable bonds is 5. The average Bonchev–Trinajstić information content (AvgIpc) is 3.20. The SMILES string of the molecule is OC[C@H]1CCCN1C(c1ccccc1)(c1ccccc1)c1ccccc1. The van der Waals surface area contributed by atoms with Crippen molar-refractivity contribution in [3.63, 3.8) is 0 Å². The molecular weight excluding hydrogens is 318 g/mol. The Morgan fingerprint density at radius 1 is 0.731 bits per heavy atom. The molecule has 0 bridgehead atoms. The summed E-state index contributed by atoms with van der Waals surface area (Å²) in [5.41, 5.74) is 3.35. The summed E-state index contributed by atoms with van der Waals surface area (Å²) in [6, 6.07) is 32.3. The molecule has 0 amide bonds. The van der Waals surface area contributed by atoms with Gasteiger partial charge in [0.1, 0.15) is 0 Å². The van der Waals surface area contributed by atoms with Crippen LogP contribution < -0.4 is 0 Å². The monoisotopic (exact) mass is 343 g/mol. The van der Waals surface area contributed by atoms with Gasteiger partial charge in [0.25, 0.3) is 0 Å². The van der Waals surface area contributed by atoms with Crippen LogP contribution in [0.15, 0.2) is 91.0 Å². The molecule has 3 aromatic carbocycles. The lowest BCUT2D eigenvalue weighted by molar-refractivity contribution is 0.0929. The Balaban J connectivity index is 2.04. The molecule has 132 valence electrons. The summed E-state index contributed by atoms with van der Waals surface area (Å²) in [5.74, 6) is 0. The third-order valence-corrected chi connectivity index (χ3v) is 5.59. The van der Waals surface area contributed by atoms with Crippen LogP contribution in [0.5, 0.6) is 0 Å². The highest BCUT2D eigenvalue weighted by Gasteiger charge is 2.46. The maximum Gasteiger partial charge on any atom is 0.0976 e. The minimum absolute atomic E-state index is 0.163. The van der Waals surface area contributed by atoms with E-state index < -0.39 is 5.54 Å². The Kier molecular flexibility index (Phi) is 4.87. The summed E-state index contributed by atoms with van der Waals surface area (Å²) in [7, 11) is 0. The van der Waals surface area contributed by atoms with Gasteiger partial charge >= 0.3 is 0 Å². The second-order valence-corrected chi connectivity index (χ2v) is 6.98. The molecule has 1 atom stereocenters. The Morgan fingerprint density at radius 3 is 1.54 bits per heavy atom. The third-order valence-electron chi connectivity index (χ3n) is 5.59. The van der Waals surface area contributed by atoms with Crippen molar-refractivity contribution >= 4 is 0 Å². The van der Waals surface area contributed by atoms with E-state index in [4.69, 9.17) is 0 Å². The van der Waals surface area contributed by atoms with Crippen molar-refractivity contribution in [2.24, 2.45) is 0 Å². The standard InChI is InChI=1S/C24H25NO/c26-19-23-17-10-18-25(23)24(20-11-4-1-5-12-20,21-13-6-2-7-14-21)22-15-8-3-9-16-22/h1-9,11-16,23,26H,10,17-19H2/t23-/m1/s1. The largest absolute Gasteiger partial charge is 0.395 e. The van der Waals surface area contributed by atoms with Crippen LogP contribution in [0.3, 0.4) is 0 Å². The molecule has 4 rings (SSSR count). The van der Waals surface area contributed by atoms with Crippen LogP contribution in [0, 0.1) is 0 Å². The van der Waals surface area contributed by atoms with Gasteiger partial charge < -0.3 is 5.11 Å². The van der Waals surface area contributed by atoms with Gasteiger partial charge in [0.05, 0.1) is 12.1 Å². The molecule has 0 aliphatic carbocycles. The lowest BCUT2D eigenvalue weighted by Gasteiger charge is -2.46. The molecule has 0 unspecified atom stereocenters. The van der Waals surface area contributed by atoms with Gasteiger partial charge in [0.2, 0.25) is 0 Å². The molecule has 0 radical (unpaired) electrons. The number of aliphatic hydroxyl groups excluding tert-OH is 1. The molecule has 0 spiro atoms. The van der Waals surface area contributed by atoms with Gasteiger partial charge in [-0.3, -0.25) is 4.90 Å². The summed E-state index contributed by atoms with van der Waals surface area (Å²) in [4.78, 5) is 2.51. The van der Waals surface area contributed by atoms with Crippen molar-refractivity contribution in [1.82, 2.24) is 4.90 Å². The van der Waals surface area contributed by atoms with Crippen molar-refractivity contribution in [2.45, 2.75) is 24.4 Å². The van der Waals surface area contributed by atoms with Gasteiger partial charge in [-0.25, -0.2) is 0 Å². The molecule has 1 N–H and O–H groups in total. The fourth-order valence-electron chi connectivity index (χ4n) is 4.50. The van der Waals surface area contributed by atoms with Crippen LogP contribution in [0.4, 0.5) is 0 Å². The Labute approximate surface area is 155 Å².